The minimum atomic E-state index is -3.22. The molecular weight excluding hydrogens is 466 g/mol. The minimum Gasteiger partial charge on any atom is -0.492 e. The number of amides is 1. The molecule has 4 aromatic rings. The van der Waals surface area contributed by atoms with E-state index >= 15 is 0 Å². The number of pyridine rings is 2. The summed E-state index contributed by atoms with van der Waals surface area (Å²) in [6, 6.07) is 18.9. The first-order valence-electron chi connectivity index (χ1n) is 11.0. The van der Waals surface area contributed by atoms with E-state index in [4.69, 9.17) is 10.6 Å². The van der Waals surface area contributed by atoms with E-state index in [1.165, 1.54) is 0 Å². The number of benzene rings is 2. The second-order valence-corrected chi connectivity index (χ2v) is 9.76. The molecule has 2 heterocycles. The highest BCUT2D eigenvalue weighted by molar-refractivity contribution is 7.89. The molecule has 0 bridgehead atoms. The zero-order valence-corrected chi connectivity index (χ0v) is 19.9. The van der Waals surface area contributed by atoms with Gasteiger partial charge in [0.2, 0.25) is 10.0 Å². The average Bonchev–Trinajstić information content (AvgIpc) is 2.90. The number of nitrogens with zero attached hydrogens (tertiary/aromatic N) is 2. The van der Waals surface area contributed by atoms with Crippen LogP contribution >= 0.6 is 0 Å². The van der Waals surface area contributed by atoms with Gasteiger partial charge < -0.3 is 4.74 Å². The molecule has 0 aliphatic heterocycles. The van der Waals surface area contributed by atoms with Gasteiger partial charge >= 0.3 is 0 Å². The molecule has 0 spiro atoms. The first-order chi connectivity index (χ1) is 16.9. The average molecular weight is 492 g/mol. The predicted octanol–water partition coefficient (Wildman–Crippen LogP) is 2.89. The number of nitrogen functional groups attached to an aromatic ring is 1. The Labute approximate surface area is 203 Å². The van der Waals surface area contributed by atoms with Crippen LogP contribution < -0.4 is 20.7 Å². The molecule has 9 nitrogen and oxygen atoms in total. The summed E-state index contributed by atoms with van der Waals surface area (Å²) in [5.41, 5.74) is 6.74. The highest BCUT2D eigenvalue weighted by atomic mass is 32.2. The molecule has 35 heavy (non-hydrogen) atoms. The zero-order chi connectivity index (χ0) is 24.8. The second kappa shape index (κ2) is 10.6. The topological polar surface area (TPSA) is 136 Å². The Hall–Kier alpha value is -3.86. The van der Waals surface area contributed by atoms with Gasteiger partial charge in [0.15, 0.2) is 0 Å². The van der Waals surface area contributed by atoms with E-state index in [1.54, 1.807) is 31.5 Å². The van der Waals surface area contributed by atoms with Crippen molar-refractivity contribution in [1.29, 1.82) is 0 Å². The van der Waals surface area contributed by atoms with Crippen LogP contribution in [0.25, 0.3) is 33.3 Å². The van der Waals surface area contributed by atoms with Gasteiger partial charge in [-0.15, -0.1) is 0 Å². The summed E-state index contributed by atoms with van der Waals surface area (Å²) in [4.78, 5) is 21.0. The molecule has 0 saturated carbocycles. The highest BCUT2D eigenvalue weighted by Crippen LogP contribution is 2.28. The Balaban J connectivity index is 1.48. The first-order valence-corrected chi connectivity index (χ1v) is 12.6. The third-order valence-electron chi connectivity index (χ3n) is 5.43. The highest BCUT2D eigenvalue weighted by Gasteiger charge is 2.13. The Bertz CT molecular complexity index is 1440. The van der Waals surface area contributed by atoms with E-state index < -0.39 is 15.9 Å². The third kappa shape index (κ3) is 5.80. The summed E-state index contributed by atoms with van der Waals surface area (Å²) in [6.45, 7) is 2.04. The lowest BCUT2D eigenvalue weighted by molar-refractivity contribution is 0.0955. The van der Waals surface area contributed by atoms with Crippen LogP contribution in [-0.4, -0.2) is 43.2 Å². The summed E-state index contributed by atoms with van der Waals surface area (Å²) >= 11 is 0. The van der Waals surface area contributed by atoms with Gasteiger partial charge in [-0.25, -0.2) is 24.0 Å². The molecule has 180 valence electrons. The first kappa shape index (κ1) is 24.3. The van der Waals surface area contributed by atoms with Crippen LogP contribution in [0.2, 0.25) is 0 Å². The van der Waals surface area contributed by atoms with Gasteiger partial charge in [0.05, 0.1) is 22.5 Å². The molecule has 0 aliphatic rings. The van der Waals surface area contributed by atoms with E-state index in [9.17, 15) is 13.2 Å². The number of sulfonamides is 1. The van der Waals surface area contributed by atoms with Crippen LogP contribution in [0.3, 0.4) is 0 Å². The molecule has 0 unspecified atom stereocenters. The van der Waals surface area contributed by atoms with Gasteiger partial charge in [0.25, 0.3) is 5.91 Å². The van der Waals surface area contributed by atoms with Crippen molar-refractivity contribution >= 4 is 26.8 Å². The molecule has 2 aromatic heterocycles. The number of rotatable bonds is 9. The third-order valence-corrected chi connectivity index (χ3v) is 6.83. The van der Waals surface area contributed by atoms with Crippen molar-refractivity contribution < 1.29 is 17.9 Å². The monoisotopic (exact) mass is 491 g/mol. The van der Waals surface area contributed by atoms with Gasteiger partial charge in [-0.2, -0.15) is 0 Å². The number of carbonyl (C=O) groups excluding carboxylic acids is 1. The van der Waals surface area contributed by atoms with Crippen LogP contribution in [0.15, 0.2) is 73.1 Å². The summed E-state index contributed by atoms with van der Waals surface area (Å²) in [5.74, 6) is 5.65. The number of carbonyl (C=O) groups is 1. The van der Waals surface area contributed by atoms with Crippen molar-refractivity contribution in [3.63, 3.8) is 0 Å². The van der Waals surface area contributed by atoms with Crippen LogP contribution in [0.1, 0.15) is 17.3 Å². The Morgan fingerprint density at radius 2 is 1.66 bits per heavy atom. The summed E-state index contributed by atoms with van der Waals surface area (Å²) in [5, 5.41) is 0.626. The Morgan fingerprint density at radius 3 is 2.31 bits per heavy atom. The lowest BCUT2D eigenvalue weighted by atomic mass is 10.0. The van der Waals surface area contributed by atoms with E-state index in [0.717, 1.165) is 16.7 Å². The zero-order valence-electron chi connectivity index (χ0n) is 19.1. The number of hydrogen-bond acceptors (Lipinski definition) is 7. The lowest BCUT2D eigenvalue weighted by Gasteiger charge is -2.10. The Morgan fingerprint density at radius 1 is 1.00 bits per heavy atom. The van der Waals surface area contributed by atoms with Crippen molar-refractivity contribution in [2.75, 3.05) is 18.9 Å². The fourth-order valence-electron chi connectivity index (χ4n) is 3.53. The normalized spacial score (nSPS) is 11.4. The smallest absolute Gasteiger partial charge is 0.265 e. The minimum absolute atomic E-state index is 0.0408. The lowest BCUT2D eigenvalue weighted by Crippen LogP contribution is -2.30. The molecule has 2 aromatic carbocycles. The van der Waals surface area contributed by atoms with Crippen molar-refractivity contribution in [1.82, 2.24) is 20.1 Å². The van der Waals surface area contributed by atoms with Gasteiger partial charge in [-0.05, 0) is 42.3 Å². The molecule has 0 aliphatic carbocycles. The van der Waals surface area contributed by atoms with Gasteiger partial charge in [-0.3, -0.25) is 15.2 Å². The fourth-order valence-corrected chi connectivity index (χ4v) is 4.13. The molecule has 4 rings (SSSR count). The quantitative estimate of drug-likeness (QED) is 0.142. The molecular formula is C25H25N5O4S. The van der Waals surface area contributed by atoms with Gasteiger partial charge in [-0.1, -0.05) is 36.4 Å². The number of nitrogens with two attached hydrogens (primary N) is 1. The van der Waals surface area contributed by atoms with E-state index in [1.807, 2.05) is 48.5 Å². The molecule has 0 atom stereocenters. The number of hydrazine groups is 1. The van der Waals surface area contributed by atoms with Crippen molar-refractivity contribution in [2.45, 2.75) is 6.92 Å². The predicted molar refractivity (Wildman–Crippen MR) is 135 cm³/mol. The summed E-state index contributed by atoms with van der Waals surface area (Å²) in [6.07, 6.45) is 3.22. The standard InChI is InChI=1S/C25H25N5O4S/c1-2-35(32,33)28-13-14-34-20-9-7-18(8-10-20)17-3-5-19(6-4-17)24-15-21(25(31)30-26)22-16-27-12-11-23(22)29-24/h3-12,15-16,28H,2,13-14,26H2,1H3,(H,30,31). The maximum atomic E-state index is 12.3. The Kier molecular flexibility index (Phi) is 7.35. The van der Waals surface area contributed by atoms with Gasteiger partial charge in [0.1, 0.15) is 12.4 Å². The number of fused-ring (bicyclic) bond motifs is 1. The largest absolute Gasteiger partial charge is 0.492 e. The molecule has 0 saturated heterocycles. The van der Waals surface area contributed by atoms with Crippen molar-refractivity contribution in [3.05, 3.63) is 78.6 Å². The number of hydrogen-bond donors (Lipinski definition) is 3. The van der Waals surface area contributed by atoms with E-state index in [0.29, 0.717) is 27.9 Å². The number of nitrogens with one attached hydrogen (secondary N) is 2. The van der Waals surface area contributed by atoms with Crippen molar-refractivity contribution in [3.8, 4) is 28.1 Å². The summed E-state index contributed by atoms with van der Waals surface area (Å²) in [7, 11) is -3.22. The van der Waals surface area contributed by atoms with Crippen molar-refractivity contribution in [2.24, 2.45) is 5.84 Å². The maximum absolute atomic E-state index is 12.3. The second-order valence-electron chi connectivity index (χ2n) is 7.67. The molecule has 1 amide bonds. The van der Waals surface area contributed by atoms with Crippen LogP contribution in [0.4, 0.5) is 0 Å². The van der Waals surface area contributed by atoms with E-state index in [2.05, 4.69) is 20.1 Å². The van der Waals surface area contributed by atoms with E-state index in [-0.39, 0.29) is 18.9 Å². The van der Waals surface area contributed by atoms with Crippen LogP contribution in [0, 0.1) is 0 Å². The molecule has 4 N–H and O–H groups in total. The molecule has 10 heteroatoms. The van der Waals surface area contributed by atoms with Crippen LogP contribution in [-0.2, 0) is 10.0 Å². The molecule has 0 radical (unpaired) electrons. The number of ether oxygens (including phenoxy) is 1. The molecule has 0 fully saturated rings. The maximum Gasteiger partial charge on any atom is 0.265 e. The van der Waals surface area contributed by atoms with Gasteiger partial charge in [0, 0.05) is 29.9 Å². The SMILES string of the molecule is CCS(=O)(=O)NCCOc1ccc(-c2ccc(-c3cc(C(=O)NN)c4cnccc4n3)cc2)cc1. The summed E-state index contributed by atoms with van der Waals surface area (Å²) < 4.78 is 31.0. The fraction of sp³-hybridized carbons (Fsp3) is 0.160. The number of aromatic nitrogens is 2. The van der Waals surface area contributed by atoms with Crippen LogP contribution in [0.5, 0.6) is 5.75 Å².